The third kappa shape index (κ3) is 4.20. The smallest absolute Gasteiger partial charge is 0.126 e. The summed E-state index contributed by atoms with van der Waals surface area (Å²) < 4.78 is 0. The van der Waals surface area contributed by atoms with E-state index >= 15 is 0 Å². The molecule has 0 fully saturated rings. The quantitative estimate of drug-likeness (QED) is 0.653. The first-order chi connectivity index (χ1) is 6.40. The molecule has 0 saturated heterocycles. The predicted molar refractivity (Wildman–Crippen MR) is 57.9 cm³/mol. The lowest BCUT2D eigenvalue weighted by Gasteiger charge is -2.33. The molecule has 0 aromatic heterocycles. The highest BCUT2D eigenvalue weighted by atomic mass is 16.3. The highest BCUT2D eigenvalue weighted by Gasteiger charge is 2.21. The van der Waals surface area contributed by atoms with Gasteiger partial charge in [-0.25, -0.2) is 0 Å². The summed E-state index contributed by atoms with van der Waals surface area (Å²) in [6.45, 7) is 12.4. The summed E-state index contributed by atoms with van der Waals surface area (Å²) >= 11 is 0. The third-order valence-corrected chi connectivity index (χ3v) is 2.42. The lowest BCUT2D eigenvalue weighted by Crippen LogP contribution is -2.43. The number of aldehydes is 1. The van der Waals surface area contributed by atoms with E-state index in [1.54, 1.807) is 0 Å². The zero-order valence-electron chi connectivity index (χ0n) is 9.60. The molecule has 2 unspecified atom stereocenters. The maximum absolute atomic E-state index is 10.7. The van der Waals surface area contributed by atoms with E-state index < -0.39 is 6.10 Å². The first kappa shape index (κ1) is 13.6. The SMILES string of the molecule is [CH2]C(O)C(C=O)CN(C(C)C)C(C)C. The number of hydrogen-bond acceptors (Lipinski definition) is 3. The van der Waals surface area contributed by atoms with E-state index in [1.165, 1.54) is 0 Å². The van der Waals surface area contributed by atoms with Crippen LogP contribution in [0.3, 0.4) is 0 Å². The Morgan fingerprint density at radius 2 is 1.71 bits per heavy atom. The van der Waals surface area contributed by atoms with Crippen LogP contribution in [0.4, 0.5) is 0 Å². The fraction of sp³-hybridized carbons (Fsp3) is 0.818. The monoisotopic (exact) mass is 200 g/mol. The van der Waals surface area contributed by atoms with Gasteiger partial charge in [0.1, 0.15) is 6.29 Å². The fourth-order valence-electron chi connectivity index (χ4n) is 1.52. The van der Waals surface area contributed by atoms with Gasteiger partial charge >= 0.3 is 0 Å². The Morgan fingerprint density at radius 3 is 1.93 bits per heavy atom. The third-order valence-electron chi connectivity index (χ3n) is 2.42. The average Bonchev–Trinajstić information content (AvgIpc) is 2.03. The van der Waals surface area contributed by atoms with E-state index in [4.69, 9.17) is 0 Å². The van der Waals surface area contributed by atoms with Crippen molar-refractivity contribution in [3.8, 4) is 0 Å². The fourth-order valence-corrected chi connectivity index (χ4v) is 1.52. The molecule has 0 rings (SSSR count). The Labute approximate surface area is 87.1 Å². The minimum atomic E-state index is -0.813. The summed E-state index contributed by atoms with van der Waals surface area (Å²) in [5.74, 6) is -0.389. The Morgan fingerprint density at radius 1 is 1.29 bits per heavy atom. The molecule has 0 spiro atoms. The van der Waals surface area contributed by atoms with Crippen LogP contribution in [0.15, 0.2) is 0 Å². The van der Waals surface area contributed by atoms with Crippen LogP contribution in [0, 0.1) is 12.8 Å². The molecule has 0 aromatic carbocycles. The minimum absolute atomic E-state index is 0.371. The van der Waals surface area contributed by atoms with Gasteiger partial charge in [-0.3, -0.25) is 4.90 Å². The van der Waals surface area contributed by atoms with Gasteiger partial charge in [0, 0.05) is 18.6 Å². The van der Waals surface area contributed by atoms with Crippen molar-refractivity contribution < 1.29 is 9.90 Å². The Balaban J connectivity index is 4.34. The van der Waals surface area contributed by atoms with Gasteiger partial charge in [0.05, 0.1) is 12.0 Å². The number of aliphatic hydroxyl groups excluding tert-OH is 1. The van der Waals surface area contributed by atoms with Crippen LogP contribution in [-0.2, 0) is 4.79 Å². The van der Waals surface area contributed by atoms with E-state index in [0.29, 0.717) is 18.6 Å². The van der Waals surface area contributed by atoms with Crippen molar-refractivity contribution in [1.29, 1.82) is 0 Å². The largest absolute Gasteiger partial charge is 0.392 e. The highest BCUT2D eigenvalue weighted by molar-refractivity contribution is 5.55. The van der Waals surface area contributed by atoms with E-state index in [1.807, 2.05) is 0 Å². The second kappa shape index (κ2) is 6.14. The second-order valence-electron chi connectivity index (χ2n) is 4.25. The van der Waals surface area contributed by atoms with Crippen LogP contribution >= 0.6 is 0 Å². The van der Waals surface area contributed by atoms with Crippen molar-refractivity contribution in [1.82, 2.24) is 4.90 Å². The maximum Gasteiger partial charge on any atom is 0.126 e. The zero-order valence-corrected chi connectivity index (χ0v) is 9.60. The summed E-state index contributed by atoms with van der Waals surface area (Å²) in [4.78, 5) is 12.9. The molecule has 83 valence electrons. The van der Waals surface area contributed by atoms with Crippen molar-refractivity contribution in [2.24, 2.45) is 5.92 Å². The average molecular weight is 200 g/mol. The van der Waals surface area contributed by atoms with E-state index in [2.05, 4.69) is 39.5 Å². The lowest BCUT2D eigenvalue weighted by atomic mass is 10.0. The molecule has 0 amide bonds. The van der Waals surface area contributed by atoms with Gasteiger partial charge in [-0.15, -0.1) is 0 Å². The Kier molecular flexibility index (Phi) is 5.96. The summed E-state index contributed by atoms with van der Waals surface area (Å²) in [6.07, 6.45) is -0.0254. The number of nitrogens with zero attached hydrogens (tertiary/aromatic N) is 1. The van der Waals surface area contributed by atoms with Gasteiger partial charge < -0.3 is 9.90 Å². The van der Waals surface area contributed by atoms with Crippen molar-refractivity contribution >= 4 is 6.29 Å². The van der Waals surface area contributed by atoms with Crippen LogP contribution in [0.2, 0.25) is 0 Å². The topological polar surface area (TPSA) is 40.5 Å². The number of hydrogen-bond donors (Lipinski definition) is 1. The number of carbonyl (C=O) groups excluding carboxylic acids is 1. The van der Waals surface area contributed by atoms with Gasteiger partial charge in [-0.2, -0.15) is 0 Å². The van der Waals surface area contributed by atoms with E-state index in [0.717, 1.165) is 6.29 Å². The first-order valence-corrected chi connectivity index (χ1v) is 5.12. The molecule has 0 aliphatic carbocycles. The Bertz CT molecular complexity index is 159. The molecule has 0 aromatic rings. The summed E-state index contributed by atoms with van der Waals surface area (Å²) in [7, 11) is 0. The Hall–Kier alpha value is -0.410. The van der Waals surface area contributed by atoms with Crippen LogP contribution < -0.4 is 0 Å². The van der Waals surface area contributed by atoms with Crippen LogP contribution in [-0.4, -0.2) is 41.0 Å². The summed E-state index contributed by atoms with van der Waals surface area (Å²) in [5, 5.41) is 9.26. The minimum Gasteiger partial charge on any atom is -0.392 e. The van der Waals surface area contributed by atoms with E-state index in [9.17, 15) is 9.90 Å². The van der Waals surface area contributed by atoms with E-state index in [-0.39, 0.29) is 5.92 Å². The van der Waals surface area contributed by atoms with Gasteiger partial charge in [-0.1, -0.05) is 0 Å². The van der Waals surface area contributed by atoms with Crippen molar-refractivity contribution in [2.45, 2.75) is 45.9 Å². The molecule has 3 nitrogen and oxygen atoms in total. The number of carbonyl (C=O) groups is 1. The van der Waals surface area contributed by atoms with Crippen molar-refractivity contribution in [2.75, 3.05) is 6.54 Å². The second-order valence-corrected chi connectivity index (χ2v) is 4.25. The predicted octanol–water partition coefficient (Wildman–Crippen LogP) is 1.12. The molecule has 1 radical (unpaired) electrons. The van der Waals surface area contributed by atoms with Crippen LogP contribution in [0.25, 0.3) is 0 Å². The van der Waals surface area contributed by atoms with Crippen LogP contribution in [0.1, 0.15) is 27.7 Å². The van der Waals surface area contributed by atoms with Gasteiger partial charge in [0.2, 0.25) is 0 Å². The summed E-state index contributed by atoms with van der Waals surface area (Å²) in [6, 6.07) is 0.743. The molecule has 0 bridgehead atoms. The molecule has 14 heavy (non-hydrogen) atoms. The molecular weight excluding hydrogens is 178 g/mol. The molecule has 0 aliphatic rings. The van der Waals surface area contributed by atoms with Crippen molar-refractivity contribution in [3.63, 3.8) is 0 Å². The molecular formula is C11H22NO2. The van der Waals surface area contributed by atoms with Crippen molar-refractivity contribution in [3.05, 3.63) is 6.92 Å². The molecule has 0 aliphatic heterocycles. The summed E-state index contributed by atoms with van der Waals surface area (Å²) in [5.41, 5.74) is 0. The lowest BCUT2D eigenvalue weighted by molar-refractivity contribution is -0.114. The normalized spacial score (nSPS) is 16.4. The van der Waals surface area contributed by atoms with Gasteiger partial charge in [-0.05, 0) is 34.6 Å². The first-order valence-electron chi connectivity index (χ1n) is 5.12. The molecule has 1 N–H and O–H groups in total. The van der Waals surface area contributed by atoms with Gasteiger partial charge in [0.15, 0.2) is 0 Å². The van der Waals surface area contributed by atoms with Crippen LogP contribution in [0.5, 0.6) is 0 Å². The molecule has 2 atom stereocenters. The molecule has 0 heterocycles. The van der Waals surface area contributed by atoms with Gasteiger partial charge in [0.25, 0.3) is 0 Å². The standard InChI is InChI=1S/C11H22NO2/c1-8(2)12(9(3)4)6-11(7-13)10(5)14/h7-11,14H,5-6H2,1-4H3. The molecule has 0 saturated carbocycles. The number of aliphatic hydroxyl groups is 1. The molecule has 3 heteroatoms. The highest BCUT2D eigenvalue weighted by Crippen LogP contribution is 2.10. The number of rotatable bonds is 6. The zero-order chi connectivity index (χ0) is 11.3. The maximum atomic E-state index is 10.7.